The number of ether oxygens (including phenoxy) is 2. The molecule has 0 saturated carbocycles. The van der Waals surface area contributed by atoms with Gasteiger partial charge in [0.05, 0.1) is 25.8 Å². The molecule has 1 aliphatic rings. The summed E-state index contributed by atoms with van der Waals surface area (Å²) >= 11 is 0. The second-order valence-corrected chi connectivity index (χ2v) is 6.73. The van der Waals surface area contributed by atoms with Crippen LogP contribution in [0.3, 0.4) is 0 Å². The van der Waals surface area contributed by atoms with Crippen LogP contribution in [0.15, 0.2) is 36.4 Å². The van der Waals surface area contributed by atoms with E-state index >= 15 is 0 Å². The Labute approximate surface area is 159 Å². The fourth-order valence-corrected chi connectivity index (χ4v) is 3.19. The minimum Gasteiger partial charge on any atom is -0.497 e. The quantitative estimate of drug-likeness (QED) is 0.879. The Kier molecular flexibility index (Phi) is 5.35. The highest BCUT2D eigenvalue weighted by Gasteiger charge is 2.36. The Bertz CT molecular complexity index is 878. The van der Waals surface area contributed by atoms with Crippen molar-refractivity contribution < 1.29 is 19.1 Å². The Hall–Kier alpha value is -3.02. The lowest BCUT2D eigenvalue weighted by Crippen LogP contribution is -2.28. The van der Waals surface area contributed by atoms with Gasteiger partial charge >= 0.3 is 0 Å². The van der Waals surface area contributed by atoms with E-state index in [1.54, 1.807) is 37.3 Å². The van der Waals surface area contributed by atoms with E-state index in [1.165, 1.54) is 5.56 Å². The largest absolute Gasteiger partial charge is 0.497 e. The maximum Gasteiger partial charge on any atom is 0.229 e. The molecule has 1 aliphatic heterocycles. The number of nitrogens with zero attached hydrogens (tertiary/aromatic N) is 1. The molecule has 3 rings (SSSR count). The lowest BCUT2D eigenvalue weighted by Gasteiger charge is -2.20. The first kappa shape index (κ1) is 18.8. The van der Waals surface area contributed by atoms with Gasteiger partial charge in [-0.2, -0.15) is 0 Å². The van der Waals surface area contributed by atoms with Gasteiger partial charge in [-0.1, -0.05) is 6.07 Å². The molecule has 27 heavy (non-hydrogen) atoms. The summed E-state index contributed by atoms with van der Waals surface area (Å²) in [5.74, 6) is 0.508. The van der Waals surface area contributed by atoms with Crippen molar-refractivity contribution in [1.29, 1.82) is 0 Å². The molecule has 2 aromatic carbocycles. The zero-order valence-electron chi connectivity index (χ0n) is 16.0. The second-order valence-electron chi connectivity index (χ2n) is 6.73. The molecule has 1 unspecified atom stereocenters. The first-order valence-corrected chi connectivity index (χ1v) is 8.83. The number of amides is 2. The summed E-state index contributed by atoms with van der Waals surface area (Å²) in [6.45, 7) is 4.33. The number of carbonyl (C=O) groups is 2. The summed E-state index contributed by atoms with van der Waals surface area (Å²) in [5, 5.41) is 2.92. The number of hydrogen-bond donors (Lipinski definition) is 1. The van der Waals surface area contributed by atoms with Gasteiger partial charge in [-0.3, -0.25) is 9.59 Å². The van der Waals surface area contributed by atoms with E-state index < -0.39 is 5.92 Å². The van der Waals surface area contributed by atoms with E-state index in [2.05, 4.69) is 5.32 Å². The fourth-order valence-electron chi connectivity index (χ4n) is 3.19. The minimum atomic E-state index is -0.421. The molecule has 6 heteroatoms. The van der Waals surface area contributed by atoms with Crippen LogP contribution in [0.25, 0.3) is 0 Å². The van der Waals surface area contributed by atoms with E-state index in [0.717, 1.165) is 11.3 Å². The molecule has 1 fully saturated rings. The van der Waals surface area contributed by atoms with E-state index in [1.807, 2.05) is 32.0 Å². The predicted octanol–water partition coefficient (Wildman–Crippen LogP) is 3.31. The van der Waals surface area contributed by atoms with Crippen molar-refractivity contribution in [3.63, 3.8) is 0 Å². The van der Waals surface area contributed by atoms with Crippen LogP contribution in [0, 0.1) is 19.8 Å². The maximum atomic E-state index is 12.7. The van der Waals surface area contributed by atoms with Crippen LogP contribution < -0.4 is 19.7 Å². The van der Waals surface area contributed by atoms with Crippen molar-refractivity contribution in [3.05, 3.63) is 47.5 Å². The highest BCUT2D eigenvalue weighted by Crippen LogP contribution is 2.36. The van der Waals surface area contributed by atoms with Gasteiger partial charge in [0.2, 0.25) is 11.8 Å². The van der Waals surface area contributed by atoms with Gasteiger partial charge in [-0.15, -0.1) is 0 Å². The normalized spacial score (nSPS) is 16.4. The Morgan fingerprint density at radius 1 is 1.07 bits per heavy atom. The number of anilines is 2. The summed E-state index contributed by atoms with van der Waals surface area (Å²) in [4.78, 5) is 26.8. The first-order chi connectivity index (χ1) is 12.9. The molecule has 1 N–H and O–H groups in total. The number of hydrogen-bond acceptors (Lipinski definition) is 4. The number of aryl methyl sites for hydroxylation is 2. The molecule has 142 valence electrons. The van der Waals surface area contributed by atoms with Crippen LogP contribution in [0.2, 0.25) is 0 Å². The lowest BCUT2D eigenvalue weighted by molar-refractivity contribution is -0.122. The average Bonchev–Trinajstić information content (AvgIpc) is 3.06. The highest BCUT2D eigenvalue weighted by molar-refractivity contribution is 6.04. The predicted molar refractivity (Wildman–Crippen MR) is 105 cm³/mol. The number of methoxy groups -OCH3 is 2. The van der Waals surface area contributed by atoms with Gasteiger partial charge in [-0.25, -0.2) is 0 Å². The third kappa shape index (κ3) is 3.89. The number of carbonyl (C=O) groups excluding carboxylic acids is 2. The van der Waals surface area contributed by atoms with Crippen LogP contribution in [0.5, 0.6) is 11.5 Å². The molecule has 1 atom stereocenters. The summed E-state index contributed by atoms with van der Waals surface area (Å²) in [5.41, 5.74) is 3.63. The number of benzene rings is 2. The number of rotatable bonds is 5. The van der Waals surface area contributed by atoms with Crippen LogP contribution in [-0.2, 0) is 9.59 Å². The first-order valence-electron chi connectivity index (χ1n) is 8.83. The van der Waals surface area contributed by atoms with Crippen molar-refractivity contribution in [1.82, 2.24) is 0 Å². The number of nitrogens with one attached hydrogen (secondary N) is 1. The van der Waals surface area contributed by atoms with E-state index in [4.69, 9.17) is 9.47 Å². The molecule has 0 bridgehead atoms. The molecule has 6 nitrogen and oxygen atoms in total. The van der Waals surface area contributed by atoms with E-state index in [-0.39, 0.29) is 18.2 Å². The summed E-state index contributed by atoms with van der Waals surface area (Å²) in [6.07, 6.45) is 0.164. The van der Waals surface area contributed by atoms with Gasteiger partial charge < -0.3 is 19.7 Å². The molecule has 0 spiro atoms. The SMILES string of the molecule is COc1ccc(OC)c(N2CC(C(=O)Nc3ccc(C)c(C)c3)CC2=O)c1. The van der Waals surface area contributed by atoms with Gasteiger partial charge in [-0.05, 0) is 49.2 Å². The molecule has 2 aromatic rings. The fraction of sp³-hybridized carbons (Fsp3) is 0.333. The third-order valence-corrected chi connectivity index (χ3v) is 4.95. The van der Waals surface area contributed by atoms with Crippen LogP contribution in [-0.4, -0.2) is 32.6 Å². The Morgan fingerprint density at radius 2 is 1.85 bits per heavy atom. The highest BCUT2D eigenvalue weighted by atomic mass is 16.5. The zero-order chi connectivity index (χ0) is 19.6. The van der Waals surface area contributed by atoms with Gasteiger partial charge in [0.25, 0.3) is 0 Å². The van der Waals surface area contributed by atoms with Crippen molar-refractivity contribution in [3.8, 4) is 11.5 Å². The Balaban J connectivity index is 1.77. The molecule has 1 saturated heterocycles. The zero-order valence-corrected chi connectivity index (χ0v) is 16.0. The second kappa shape index (κ2) is 7.70. The minimum absolute atomic E-state index is 0.109. The third-order valence-electron chi connectivity index (χ3n) is 4.95. The molecular formula is C21H24N2O4. The van der Waals surface area contributed by atoms with Crippen molar-refractivity contribution in [2.45, 2.75) is 20.3 Å². The Morgan fingerprint density at radius 3 is 2.52 bits per heavy atom. The van der Waals surface area contributed by atoms with Crippen molar-refractivity contribution >= 4 is 23.2 Å². The summed E-state index contributed by atoms with van der Waals surface area (Å²) < 4.78 is 10.6. The van der Waals surface area contributed by atoms with Gasteiger partial charge in [0, 0.05) is 24.7 Å². The van der Waals surface area contributed by atoms with Crippen LogP contribution in [0.4, 0.5) is 11.4 Å². The molecule has 2 amide bonds. The standard InChI is InChI=1S/C21H24N2O4/c1-13-5-6-16(9-14(13)2)22-21(25)15-10-20(24)23(12-15)18-11-17(26-3)7-8-19(18)27-4/h5-9,11,15H,10,12H2,1-4H3,(H,22,25). The summed E-state index contributed by atoms with van der Waals surface area (Å²) in [6, 6.07) is 11.1. The van der Waals surface area contributed by atoms with Crippen LogP contribution in [0.1, 0.15) is 17.5 Å². The summed E-state index contributed by atoms with van der Waals surface area (Å²) in [7, 11) is 3.12. The van der Waals surface area contributed by atoms with Gasteiger partial charge in [0.15, 0.2) is 0 Å². The van der Waals surface area contributed by atoms with E-state index in [0.29, 0.717) is 23.7 Å². The van der Waals surface area contributed by atoms with Crippen molar-refractivity contribution in [2.24, 2.45) is 5.92 Å². The molecule has 1 heterocycles. The van der Waals surface area contributed by atoms with Crippen molar-refractivity contribution in [2.75, 3.05) is 31.0 Å². The molecule has 0 radical (unpaired) electrons. The molecule has 0 aromatic heterocycles. The molecule has 0 aliphatic carbocycles. The average molecular weight is 368 g/mol. The van der Waals surface area contributed by atoms with Crippen LogP contribution >= 0.6 is 0 Å². The lowest BCUT2D eigenvalue weighted by atomic mass is 10.1. The molecular weight excluding hydrogens is 344 g/mol. The monoisotopic (exact) mass is 368 g/mol. The smallest absolute Gasteiger partial charge is 0.229 e. The van der Waals surface area contributed by atoms with E-state index in [9.17, 15) is 9.59 Å². The topological polar surface area (TPSA) is 67.9 Å². The van der Waals surface area contributed by atoms with Gasteiger partial charge in [0.1, 0.15) is 11.5 Å². The maximum absolute atomic E-state index is 12.7.